The van der Waals surface area contributed by atoms with Crippen LogP contribution in [-0.4, -0.2) is 34.0 Å². The summed E-state index contributed by atoms with van der Waals surface area (Å²) >= 11 is 3.31. The number of carbonyl (C=O) groups excluding carboxylic acids is 1. The fourth-order valence-electron chi connectivity index (χ4n) is 2.35. The summed E-state index contributed by atoms with van der Waals surface area (Å²) in [5, 5.41) is 20.5. The first-order valence-corrected chi connectivity index (χ1v) is 8.96. The minimum absolute atomic E-state index is 0.0641. The van der Waals surface area contributed by atoms with Crippen molar-refractivity contribution >= 4 is 28.1 Å². The van der Waals surface area contributed by atoms with Crippen LogP contribution in [0.4, 0.5) is 0 Å². The van der Waals surface area contributed by atoms with Gasteiger partial charge in [0.25, 0.3) is 5.91 Å². The third-order valence-electron chi connectivity index (χ3n) is 3.62. The van der Waals surface area contributed by atoms with Crippen molar-refractivity contribution in [1.82, 2.24) is 15.6 Å². The molecule has 0 atom stereocenters. The van der Waals surface area contributed by atoms with Crippen LogP contribution in [0.2, 0.25) is 0 Å². The molecule has 3 N–H and O–H groups in total. The first-order chi connectivity index (χ1) is 13.1. The molecule has 0 aliphatic rings. The molecule has 2 aromatic carbocycles. The van der Waals surface area contributed by atoms with Crippen LogP contribution < -0.4 is 10.2 Å². The van der Waals surface area contributed by atoms with Gasteiger partial charge in [0, 0.05) is 15.6 Å². The van der Waals surface area contributed by atoms with Gasteiger partial charge in [-0.1, -0.05) is 28.1 Å². The van der Waals surface area contributed by atoms with Gasteiger partial charge in [-0.25, -0.2) is 5.43 Å². The van der Waals surface area contributed by atoms with E-state index in [2.05, 4.69) is 36.7 Å². The molecule has 1 heterocycles. The highest BCUT2D eigenvalue weighted by molar-refractivity contribution is 9.10. The molecule has 3 rings (SSSR count). The van der Waals surface area contributed by atoms with Gasteiger partial charge < -0.3 is 9.84 Å². The number of aromatic nitrogens is 2. The van der Waals surface area contributed by atoms with Gasteiger partial charge in [0.2, 0.25) is 0 Å². The number of phenols is 1. The lowest BCUT2D eigenvalue weighted by atomic mass is 10.1. The summed E-state index contributed by atoms with van der Waals surface area (Å²) in [5.74, 6) is 0.358. The van der Waals surface area contributed by atoms with E-state index in [4.69, 9.17) is 4.74 Å². The lowest BCUT2D eigenvalue weighted by molar-refractivity contribution is 0.0950. The number of nitrogens with zero attached hydrogens (tertiary/aromatic N) is 2. The monoisotopic (exact) mass is 428 g/mol. The second kappa shape index (κ2) is 8.50. The van der Waals surface area contributed by atoms with E-state index in [1.807, 2.05) is 31.2 Å². The molecule has 138 valence electrons. The van der Waals surface area contributed by atoms with Crippen molar-refractivity contribution in [3.8, 4) is 22.8 Å². The highest BCUT2D eigenvalue weighted by Crippen LogP contribution is 2.23. The molecule has 0 spiro atoms. The van der Waals surface area contributed by atoms with Crippen LogP contribution >= 0.6 is 15.9 Å². The molecule has 8 heteroatoms. The molecule has 1 aromatic heterocycles. The van der Waals surface area contributed by atoms with Gasteiger partial charge in [-0.15, -0.1) is 0 Å². The van der Waals surface area contributed by atoms with E-state index in [-0.39, 0.29) is 11.4 Å². The third kappa shape index (κ3) is 4.73. The van der Waals surface area contributed by atoms with Crippen LogP contribution in [0.5, 0.6) is 11.5 Å². The molecule has 0 saturated heterocycles. The highest BCUT2D eigenvalue weighted by atomic mass is 79.9. The zero-order valence-electron chi connectivity index (χ0n) is 14.4. The van der Waals surface area contributed by atoms with Crippen LogP contribution in [0.3, 0.4) is 0 Å². The number of ether oxygens (including phenoxy) is 1. The maximum atomic E-state index is 12.2. The van der Waals surface area contributed by atoms with Crippen LogP contribution in [-0.2, 0) is 0 Å². The van der Waals surface area contributed by atoms with Crippen molar-refractivity contribution in [2.24, 2.45) is 5.10 Å². The molecule has 0 aliphatic carbocycles. The number of H-pyrrole nitrogens is 1. The van der Waals surface area contributed by atoms with Crippen LogP contribution in [0.15, 0.2) is 58.1 Å². The summed E-state index contributed by atoms with van der Waals surface area (Å²) in [6.45, 7) is 2.49. The van der Waals surface area contributed by atoms with E-state index in [0.29, 0.717) is 17.9 Å². The van der Waals surface area contributed by atoms with E-state index >= 15 is 0 Å². The van der Waals surface area contributed by atoms with E-state index in [1.165, 1.54) is 12.3 Å². The van der Waals surface area contributed by atoms with E-state index < -0.39 is 5.91 Å². The number of nitrogens with one attached hydrogen (secondary N) is 2. The molecule has 0 fully saturated rings. The number of benzene rings is 2. The average Bonchev–Trinajstić information content (AvgIpc) is 3.15. The number of amides is 1. The molecule has 7 nitrogen and oxygen atoms in total. The van der Waals surface area contributed by atoms with Crippen molar-refractivity contribution < 1.29 is 14.6 Å². The second-order valence-electron chi connectivity index (χ2n) is 5.53. The zero-order chi connectivity index (χ0) is 19.2. The molecule has 0 bridgehead atoms. The van der Waals surface area contributed by atoms with Crippen molar-refractivity contribution in [2.45, 2.75) is 6.92 Å². The van der Waals surface area contributed by atoms with Crippen LogP contribution in [0.1, 0.15) is 23.0 Å². The molecule has 1 amide bonds. The van der Waals surface area contributed by atoms with Crippen LogP contribution in [0, 0.1) is 0 Å². The first kappa shape index (κ1) is 18.7. The standard InChI is InChI=1S/C19H17BrN4O3/c1-2-27-15-5-3-4-12(9-15)16-10-17(23-22-16)19(26)24-21-11-13-8-14(20)6-7-18(13)25/h3-11,25H,2H2,1H3,(H,22,23)(H,24,26). The van der Waals surface area contributed by atoms with Crippen molar-refractivity contribution in [3.63, 3.8) is 0 Å². The van der Waals surface area contributed by atoms with Crippen molar-refractivity contribution in [1.29, 1.82) is 0 Å². The van der Waals surface area contributed by atoms with Gasteiger partial charge >= 0.3 is 0 Å². The summed E-state index contributed by atoms with van der Waals surface area (Å²) in [4.78, 5) is 12.2. The van der Waals surface area contributed by atoms with Crippen molar-refractivity contribution in [3.05, 3.63) is 64.3 Å². The Hall–Kier alpha value is -3.13. The largest absolute Gasteiger partial charge is 0.507 e. The van der Waals surface area contributed by atoms with E-state index in [0.717, 1.165) is 15.8 Å². The van der Waals surface area contributed by atoms with Crippen molar-refractivity contribution in [2.75, 3.05) is 6.61 Å². The maximum Gasteiger partial charge on any atom is 0.289 e. The number of halogens is 1. The Morgan fingerprint density at radius 3 is 3.00 bits per heavy atom. The quantitative estimate of drug-likeness (QED) is 0.411. The predicted octanol–water partition coefficient (Wildman–Crippen LogP) is 3.71. The minimum atomic E-state index is -0.444. The third-order valence-corrected chi connectivity index (χ3v) is 4.12. The molecular formula is C19H17BrN4O3. The average molecular weight is 429 g/mol. The van der Waals surface area contributed by atoms with Gasteiger partial charge in [0.1, 0.15) is 17.2 Å². The first-order valence-electron chi connectivity index (χ1n) is 8.17. The van der Waals surface area contributed by atoms with Crippen LogP contribution in [0.25, 0.3) is 11.3 Å². The number of rotatable bonds is 6. The molecule has 27 heavy (non-hydrogen) atoms. The molecule has 0 radical (unpaired) electrons. The maximum absolute atomic E-state index is 12.2. The second-order valence-corrected chi connectivity index (χ2v) is 6.45. The van der Waals surface area contributed by atoms with Gasteiger partial charge in [-0.3, -0.25) is 9.89 Å². The number of aromatic amines is 1. The smallest absolute Gasteiger partial charge is 0.289 e. The molecular weight excluding hydrogens is 412 g/mol. The summed E-state index contributed by atoms with van der Waals surface area (Å²) < 4.78 is 6.27. The number of hydrogen-bond donors (Lipinski definition) is 3. The van der Waals surface area contributed by atoms with E-state index in [9.17, 15) is 9.90 Å². The molecule has 3 aromatic rings. The number of hydrogen-bond acceptors (Lipinski definition) is 5. The summed E-state index contributed by atoms with van der Waals surface area (Å²) in [6.07, 6.45) is 1.36. The molecule has 0 aliphatic heterocycles. The SMILES string of the molecule is CCOc1cccc(-c2cc(C(=O)NN=Cc3cc(Br)ccc3O)[nH]n2)c1. The van der Waals surface area contributed by atoms with Gasteiger partial charge in [0.05, 0.1) is 18.5 Å². The van der Waals surface area contributed by atoms with Gasteiger partial charge in [0.15, 0.2) is 0 Å². The van der Waals surface area contributed by atoms with Gasteiger partial charge in [-0.2, -0.15) is 10.2 Å². The summed E-state index contributed by atoms with van der Waals surface area (Å²) in [5.41, 5.74) is 4.59. The Labute approximate surface area is 164 Å². The number of phenolic OH excluding ortho intramolecular Hbond substituents is 1. The summed E-state index contributed by atoms with van der Waals surface area (Å²) in [6, 6.07) is 14.0. The molecule has 0 saturated carbocycles. The Balaban J connectivity index is 1.69. The Kier molecular flexibility index (Phi) is 5.87. The minimum Gasteiger partial charge on any atom is -0.507 e. The topological polar surface area (TPSA) is 99.6 Å². The predicted molar refractivity (Wildman–Crippen MR) is 106 cm³/mol. The lowest BCUT2D eigenvalue weighted by Crippen LogP contribution is -2.18. The summed E-state index contributed by atoms with van der Waals surface area (Å²) in [7, 11) is 0. The van der Waals surface area contributed by atoms with Gasteiger partial charge in [-0.05, 0) is 43.3 Å². The fourth-order valence-corrected chi connectivity index (χ4v) is 2.73. The normalized spacial score (nSPS) is 10.9. The lowest BCUT2D eigenvalue weighted by Gasteiger charge is -2.03. The number of hydrazone groups is 1. The number of aromatic hydroxyl groups is 1. The van der Waals surface area contributed by atoms with E-state index in [1.54, 1.807) is 18.2 Å². The zero-order valence-corrected chi connectivity index (χ0v) is 16.0. The highest BCUT2D eigenvalue weighted by Gasteiger charge is 2.11. The number of carbonyl (C=O) groups is 1. The molecule has 0 unspecified atom stereocenters. The Bertz CT molecular complexity index is 985. The Morgan fingerprint density at radius 1 is 1.33 bits per heavy atom. The Morgan fingerprint density at radius 2 is 2.19 bits per heavy atom. The fraction of sp³-hybridized carbons (Fsp3) is 0.105.